The SMILES string of the molecule is CC.CCN(CC)CCNC(=O)CN(C)C1CC(=O)N(CCCCCCN2C(=O)CCC2=O)C1=O. The molecule has 10 heteroatoms. The number of unbranched alkanes of at least 4 members (excludes halogenated alkanes) is 3. The van der Waals surface area contributed by atoms with Gasteiger partial charge in [0, 0.05) is 39.0 Å². The molecule has 1 atom stereocenters. The summed E-state index contributed by atoms with van der Waals surface area (Å²) in [5.74, 6) is -0.793. The lowest BCUT2D eigenvalue weighted by molar-refractivity contribution is -0.141. The molecule has 0 aromatic rings. The van der Waals surface area contributed by atoms with Gasteiger partial charge in [0.1, 0.15) is 0 Å². The summed E-state index contributed by atoms with van der Waals surface area (Å²) < 4.78 is 0. The number of nitrogens with zero attached hydrogens (tertiary/aromatic N) is 4. The zero-order chi connectivity index (χ0) is 26.4. The van der Waals surface area contributed by atoms with E-state index in [4.69, 9.17) is 0 Å². The second kappa shape index (κ2) is 16.4. The van der Waals surface area contributed by atoms with Gasteiger partial charge in [-0.1, -0.05) is 40.5 Å². The first kappa shape index (κ1) is 30.7. The van der Waals surface area contributed by atoms with Crippen molar-refractivity contribution in [2.45, 2.75) is 78.7 Å². The molecule has 0 spiro atoms. The van der Waals surface area contributed by atoms with E-state index >= 15 is 0 Å². The molecule has 0 aliphatic carbocycles. The van der Waals surface area contributed by atoms with Crippen LogP contribution in [0.5, 0.6) is 0 Å². The molecule has 0 saturated carbocycles. The molecule has 5 amide bonds. The normalized spacial score (nSPS) is 18.1. The van der Waals surface area contributed by atoms with E-state index < -0.39 is 6.04 Å². The van der Waals surface area contributed by atoms with Gasteiger partial charge in [-0.05, 0) is 33.0 Å². The molecule has 10 nitrogen and oxygen atoms in total. The summed E-state index contributed by atoms with van der Waals surface area (Å²) in [7, 11) is 1.70. The van der Waals surface area contributed by atoms with E-state index in [1.54, 1.807) is 11.9 Å². The third kappa shape index (κ3) is 9.68. The van der Waals surface area contributed by atoms with Crippen LogP contribution in [-0.2, 0) is 24.0 Å². The molecule has 2 aliphatic rings. The van der Waals surface area contributed by atoms with E-state index in [-0.39, 0.29) is 42.5 Å². The van der Waals surface area contributed by atoms with E-state index in [2.05, 4.69) is 24.1 Å². The second-order valence-electron chi connectivity index (χ2n) is 8.75. The summed E-state index contributed by atoms with van der Waals surface area (Å²) in [5.41, 5.74) is 0. The van der Waals surface area contributed by atoms with E-state index in [1.807, 2.05) is 13.8 Å². The van der Waals surface area contributed by atoms with Gasteiger partial charge in [0.25, 0.3) is 0 Å². The highest BCUT2D eigenvalue weighted by atomic mass is 16.2. The topological polar surface area (TPSA) is 110 Å². The molecular formula is C25H45N5O5. The highest BCUT2D eigenvalue weighted by Gasteiger charge is 2.40. The molecular weight excluding hydrogens is 450 g/mol. The fraction of sp³-hybridized carbons (Fsp3) is 0.800. The van der Waals surface area contributed by atoms with E-state index in [0.29, 0.717) is 38.9 Å². The fourth-order valence-corrected chi connectivity index (χ4v) is 4.30. The third-order valence-corrected chi connectivity index (χ3v) is 6.46. The lowest BCUT2D eigenvalue weighted by Crippen LogP contribution is -2.45. The average molecular weight is 496 g/mol. The lowest BCUT2D eigenvalue weighted by atomic mass is 10.2. The first-order valence-corrected chi connectivity index (χ1v) is 13.1. The molecule has 1 unspecified atom stereocenters. The van der Waals surface area contributed by atoms with Gasteiger partial charge in [-0.3, -0.25) is 38.7 Å². The van der Waals surface area contributed by atoms with Crippen LogP contribution < -0.4 is 5.32 Å². The number of hydrogen-bond acceptors (Lipinski definition) is 7. The van der Waals surface area contributed by atoms with Crippen molar-refractivity contribution in [2.75, 3.05) is 52.9 Å². The van der Waals surface area contributed by atoms with E-state index in [1.165, 1.54) is 9.80 Å². The average Bonchev–Trinajstić information content (AvgIpc) is 3.32. The highest BCUT2D eigenvalue weighted by molar-refractivity contribution is 6.05. The van der Waals surface area contributed by atoms with Crippen LogP contribution in [0.2, 0.25) is 0 Å². The number of likely N-dealkylation sites (N-methyl/N-ethyl adjacent to an activating group) is 2. The Balaban J connectivity index is 0.00000298. The Labute approximate surface area is 210 Å². The predicted octanol–water partition coefficient (Wildman–Crippen LogP) is 1.24. The van der Waals surface area contributed by atoms with Crippen LogP contribution in [0.15, 0.2) is 0 Å². The predicted molar refractivity (Wildman–Crippen MR) is 134 cm³/mol. The fourth-order valence-electron chi connectivity index (χ4n) is 4.30. The van der Waals surface area contributed by atoms with Gasteiger partial charge in [0.2, 0.25) is 29.5 Å². The van der Waals surface area contributed by atoms with Crippen LogP contribution in [0.25, 0.3) is 0 Å². The number of nitrogens with one attached hydrogen (secondary N) is 1. The summed E-state index contributed by atoms with van der Waals surface area (Å²) in [6.07, 6.45) is 3.77. The number of carbonyl (C=O) groups is 5. The van der Waals surface area contributed by atoms with Crippen LogP contribution in [0.1, 0.15) is 72.6 Å². The molecule has 0 aromatic heterocycles. The Hall–Kier alpha value is -2.33. The quantitative estimate of drug-likeness (QED) is 0.269. The molecule has 2 aliphatic heterocycles. The molecule has 2 rings (SSSR count). The summed E-state index contributed by atoms with van der Waals surface area (Å²) in [5, 5.41) is 2.88. The number of imide groups is 2. The van der Waals surface area contributed by atoms with Crippen molar-refractivity contribution in [3.05, 3.63) is 0 Å². The third-order valence-electron chi connectivity index (χ3n) is 6.46. The highest BCUT2D eigenvalue weighted by Crippen LogP contribution is 2.19. The van der Waals surface area contributed by atoms with Crippen LogP contribution in [-0.4, -0.2) is 108 Å². The summed E-state index contributed by atoms with van der Waals surface area (Å²) in [6.45, 7) is 12.2. The van der Waals surface area contributed by atoms with Gasteiger partial charge in [0.15, 0.2) is 0 Å². The minimum atomic E-state index is -0.599. The molecule has 35 heavy (non-hydrogen) atoms. The maximum absolute atomic E-state index is 12.7. The smallest absolute Gasteiger partial charge is 0.247 e. The maximum atomic E-state index is 12.7. The van der Waals surface area contributed by atoms with Gasteiger partial charge >= 0.3 is 0 Å². The first-order valence-electron chi connectivity index (χ1n) is 13.1. The van der Waals surface area contributed by atoms with Gasteiger partial charge in [-0.15, -0.1) is 0 Å². The minimum Gasteiger partial charge on any atom is -0.354 e. The van der Waals surface area contributed by atoms with Crippen molar-refractivity contribution >= 4 is 29.5 Å². The van der Waals surface area contributed by atoms with Crippen molar-refractivity contribution in [1.29, 1.82) is 0 Å². The Morgan fingerprint density at radius 3 is 1.97 bits per heavy atom. The van der Waals surface area contributed by atoms with Gasteiger partial charge < -0.3 is 10.2 Å². The van der Waals surface area contributed by atoms with E-state index in [0.717, 1.165) is 38.9 Å². The zero-order valence-electron chi connectivity index (χ0n) is 22.3. The van der Waals surface area contributed by atoms with Crippen molar-refractivity contribution in [3.8, 4) is 0 Å². The minimum absolute atomic E-state index is 0.0731. The van der Waals surface area contributed by atoms with Gasteiger partial charge in [-0.2, -0.15) is 0 Å². The van der Waals surface area contributed by atoms with Crippen LogP contribution >= 0.6 is 0 Å². The summed E-state index contributed by atoms with van der Waals surface area (Å²) >= 11 is 0. The Kier molecular flexibility index (Phi) is 14.4. The number of rotatable bonds is 15. The van der Waals surface area contributed by atoms with Crippen LogP contribution in [0.4, 0.5) is 0 Å². The summed E-state index contributed by atoms with van der Waals surface area (Å²) in [4.78, 5) is 67.0. The molecule has 1 N–H and O–H groups in total. The summed E-state index contributed by atoms with van der Waals surface area (Å²) in [6, 6.07) is -0.599. The Morgan fingerprint density at radius 2 is 1.43 bits per heavy atom. The molecule has 2 fully saturated rings. The van der Waals surface area contributed by atoms with Crippen LogP contribution in [0, 0.1) is 0 Å². The number of hydrogen-bond donors (Lipinski definition) is 1. The molecule has 0 aromatic carbocycles. The standard InChI is InChI=1S/C23H39N5O5.C2H6/c1-4-26(5-2)15-12-24-19(29)17-25(3)18-16-22(32)28(23(18)33)14-9-7-6-8-13-27-20(30)10-11-21(27)31;1-2/h18H,4-17H2,1-3H3,(H,24,29);1-2H3. The van der Waals surface area contributed by atoms with Gasteiger partial charge in [-0.25, -0.2) is 0 Å². The van der Waals surface area contributed by atoms with Crippen molar-refractivity contribution in [1.82, 2.24) is 24.9 Å². The molecule has 2 heterocycles. The maximum Gasteiger partial charge on any atom is 0.247 e. The van der Waals surface area contributed by atoms with Crippen molar-refractivity contribution in [2.24, 2.45) is 0 Å². The molecule has 0 bridgehead atoms. The van der Waals surface area contributed by atoms with Crippen molar-refractivity contribution < 1.29 is 24.0 Å². The lowest BCUT2D eigenvalue weighted by Gasteiger charge is -2.23. The molecule has 2 saturated heterocycles. The molecule has 200 valence electrons. The Morgan fingerprint density at radius 1 is 0.886 bits per heavy atom. The molecule has 0 radical (unpaired) electrons. The van der Waals surface area contributed by atoms with Crippen LogP contribution in [0.3, 0.4) is 0 Å². The monoisotopic (exact) mass is 495 g/mol. The largest absolute Gasteiger partial charge is 0.354 e. The van der Waals surface area contributed by atoms with Gasteiger partial charge in [0.05, 0.1) is 19.0 Å². The number of amides is 5. The van der Waals surface area contributed by atoms with E-state index in [9.17, 15) is 24.0 Å². The number of carbonyl (C=O) groups excluding carboxylic acids is 5. The number of likely N-dealkylation sites (tertiary alicyclic amines) is 2. The first-order chi connectivity index (χ1) is 16.8. The van der Waals surface area contributed by atoms with Crippen molar-refractivity contribution in [3.63, 3.8) is 0 Å². The Bertz CT molecular complexity index is 709. The second-order valence-corrected chi connectivity index (χ2v) is 8.75. The zero-order valence-corrected chi connectivity index (χ0v) is 22.3.